The maximum atomic E-state index is 6.98. The highest BCUT2D eigenvalue weighted by Crippen LogP contribution is 3.00. The minimum Gasteiger partial charge on any atom is -0.362 e. The Bertz CT molecular complexity index is 948. The zero-order valence-corrected chi connectivity index (χ0v) is 25.3. The van der Waals surface area contributed by atoms with E-state index >= 15 is 0 Å². The van der Waals surface area contributed by atoms with Crippen LogP contribution < -0.4 is 0 Å². The zero-order valence-electron chi connectivity index (χ0n) is 25.3. The fraction of sp³-hybridized carbons (Fsp3) is 1.00. The van der Waals surface area contributed by atoms with Crippen molar-refractivity contribution in [2.45, 2.75) is 147 Å². The molecule has 0 aromatic rings. The lowest BCUT2D eigenvalue weighted by Gasteiger charge is -2.87. The molecule has 0 aromatic heterocycles. The summed E-state index contributed by atoms with van der Waals surface area (Å²) in [5.74, 6) is 0. The Labute approximate surface area is 205 Å². The van der Waals surface area contributed by atoms with Crippen molar-refractivity contribution in [3.8, 4) is 0 Å². The molecule has 33 heavy (non-hydrogen) atoms. The largest absolute Gasteiger partial charge is 0.362 e. The van der Waals surface area contributed by atoms with E-state index in [0.717, 1.165) is 0 Å². The van der Waals surface area contributed by atoms with Gasteiger partial charge in [0.25, 0.3) is 0 Å². The van der Waals surface area contributed by atoms with Gasteiger partial charge >= 0.3 is 0 Å². The second-order valence-electron chi connectivity index (χ2n) is 17.0. The molecule has 0 spiro atoms. The monoisotopic (exact) mass is 458 g/mol. The van der Waals surface area contributed by atoms with Crippen molar-refractivity contribution < 1.29 is 9.47 Å². The highest BCUT2D eigenvalue weighted by atomic mass is 16.6. The smallest absolute Gasteiger partial charge is 0.102 e. The van der Waals surface area contributed by atoms with Crippen LogP contribution in [0.15, 0.2) is 0 Å². The number of epoxide rings is 2. The van der Waals surface area contributed by atoms with Crippen molar-refractivity contribution in [3.05, 3.63) is 0 Å². The van der Waals surface area contributed by atoms with Crippen molar-refractivity contribution in [2.75, 3.05) is 0 Å². The molecule has 3 aliphatic carbocycles. The van der Waals surface area contributed by atoms with Crippen LogP contribution in [0.4, 0.5) is 0 Å². The van der Waals surface area contributed by atoms with Crippen LogP contribution in [0.25, 0.3) is 0 Å². The number of rotatable bonds is 0. The second kappa shape index (κ2) is 4.78. The Morgan fingerprint density at radius 2 is 0.455 bits per heavy atom. The second-order valence-corrected chi connectivity index (χ2v) is 17.0. The number of hydrogen-bond acceptors (Lipinski definition) is 2. The number of ether oxygens (including phenoxy) is 2. The standard InChI is InChI=1S/C31H54O2/c1-19(2)24(11)21(5,6)28(15)29(16,32-28)22(7,8)25(24,12)20(3,4)27(14)26(19,13)23(9,10)30(17)31(27,18)33-30/h1-18H3. The van der Waals surface area contributed by atoms with Gasteiger partial charge in [0.1, 0.15) is 22.4 Å². The van der Waals surface area contributed by atoms with Gasteiger partial charge in [-0.25, -0.2) is 0 Å². The molecule has 2 heteroatoms. The van der Waals surface area contributed by atoms with Crippen molar-refractivity contribution in [1.29, 1.82) is 0 Å². The molecule has 5 aliphatic rings. The minimum absolute atomic E-state index is 0.000208. The highest BCUT2D eigenvalue weighted by molar-refractivity contribution is 5.49. The molecular formula is C31H54O2. The van der Waals surface area contributed by atoms with Crippen molar-refractivity contribution in [2.24, 2.45) is 48.7 Å². The van der Waals surface area contributed by atoms with Crippen LogP contribution in [0.5, 0.6) is 0 Å². The van der Waals surface area contributed by atoms with E-state index in [1.165, 1.54) is 0 Å². The van der Waals surface area contributed by atoms with E-state index in [4.69, 9.17) is 9.47 Å². The molecule has 2 heterocycles. The van der Waals surface area contributed by atoms with E-state index in [2.05, 4.69) is 125 Å². The van der Waals surface area contributed by atoms with E-state index in [1.807, 2.05) is 0 Å². The Morgan fingerprint density at radius 3 is 0.788 bits per heavy atom. The summed E-state index contributed by atoms with van der Waals surface area (Å²) in [5, 5.41) is 0. The normalized spacial score (nSPS) is 64.2. The van der Waals surface area contributed by atoms with Crippen LogP contribution in [0.2, 0.25) is 0 Å². The van der Waals surface area contributed by atoms with E-state index in [9.17, 15) is 0 Å². The average Bonchev–Trinajstić information content (AvgIpc) is 3.46. The Kier molecular flexibility index (Phi) is 3.56. The first kappa shape index (κ1) is 24.6. The Morgan fingerprint density at radius 1 is 0.242 bits per heavy atom. The molecule has 5 rings (SSSR count). The van der Waals surface area contributed by atoms with E-state index in [0.29, 0.717) is 0 Å². The predicted octanol–water partition coefficient (Wildman–Crippen LogP) is 8.28. The van der Waals surface area contributed by atoms with Gasteiger partial charge in [-0.15, -0.1) is 0 Å². The molecule has 8 unspecified atom stereocenters. The predicted molar refractivity (Wildman–Crippen MR) is 137 cm³/mol. The van der Waals surface area contributed by atoms with Crippen LogP contribution in [0.3, 0.4) is 0 Å². The molecule has 2 nitrogen and oxygen atoms in total. The summed E-state index contributed by atoms with van der Waals surface area (Å²) in [6.07, 6.45) is 0. The summed E-state index contributed by atoms with van der Waals surface area (Å²) >= 11 is 0. The van der Waals surface area contributed by atoms with Gasteiger partial charge < -0.3 is 9.47 Å². The molecule has 2 saturated heterocycles. The lowest BCUT2D eigenvalue weighted by molar-refractivity contribution is -0.405. The fourth-order valence-corrected chi connectivity index (χ4v) is 13.7. The van der Waals surface area contributed by atoms with Gasteiger partial charge in [0.2, 0.25) is 0 Å². The SMILES string of the molecule is CC1(C)C2(C)OC2(C)C(C)(C)C2(C)C(C)(C)C3(C)C4(C)OC4(C)C(C)(C)C3(C)C(C)(C)C12C. The summed E-state index contributed by atoms with van der Waals surface area (Å²) in [4.78, 5) is 0. The average molecular weight is 459 g/mol. The molecule has 2 aliphatic heterocycles. The van der Waals surface area contributed by atoms with Crippen LogP contribution in [-0.2, 0) is 9.47 Å². The summed E-state index contributed by atoms with van der Waals surface area (Å²) in [7, 11) is 0. The van der Waals surface area contributed by atoms with E-state index < -0.39 is 0 Å². The van der Waals surface area contributed by atoms with Gasteiger partial charge in [-0.3, -0.25) is 0 Å². The van der Waals surface area contributed by atoms with Gasteiger partial charge in [-0.2, -0.15) is 0 Å². The van der Waals surface area contributed by atoms with Crippen LogP contribution in [-0.4, -0.2) is 22.4 Å². The molecular weight excluding hydrogens is 404 g/mol. The van der Waals surface area contributed by atoms with Gasteiger partial charge in [0, 0.05) is 21.7 Å². The van der Waals surface area contributed by atoms with Crippen molar-refractivity contribution in [3.63, 3.8) is 0 Å². The van der Waals surface area contributed by atoms with Crippen molar-refractivity contribution >= 4 is 0 Å². The minimum atomic E-state index is -0.157. The maximum absolute atomic E-state index is 6.98. The Balaban J connectivity index is 2.01. The van der Waals surface area contributed by atoms with Gasteiger partial charge in [0.15, 0.2) is 0 Å². The van der Waals surface area contributed by atoms with E-state index in [1.54, 1.807) is 0 Å². The van der Waals surface area contributed by atoms with Crippen LogP contribution >= 0.6 is 0 Å². The molecule has 5 fully saturated rings. The summed E-state index contributed by atoms with van der Waals surface area (Å²) < 4.78 is 13.9. The molecule has 0 aromatic carbocycles. The van der Waals surface area contributed by atoms with Gasteiger partial charge in [0.05, 0.1) is 0 Å². The maximum Gasteiger partial charge on any atom is 0.102 e. The zero-order chi connectivity index (χ0) is 25.9. The topological polar surface area (TPSA) is 25.1 Å². The quantitative estimate of drug-likeness (QED) is 0.341. The lowest BCUT2D eigenvalue weighted by Crippen LogP contribution is -2.85. The molecule has 0 amide bonds. The third kappa shape index (κ3) is 1.40. The molecule has 0 radical (unpaired) electrons. The highest BCUT2D eigenvalue weighted by Gasteiger charge is 3.02. The first-order valence-corrected chi connectivity index (χ1v) is 13.6. The number of fused-ring (bicyclic) bond motifs is 5. The fourth-order valence-electron chi connectivity index (χ4n) is 13.7. The summed E-state index contributed by atoms with van der Waals surface area (Å²) in [6.45, 7) is 46.0. The van der Waals surface area contributed by atoms with E-state index in [-0.39, 0.29) is 71.1 Å². The molecule has 0 N–H and O–H groups in total. The molecule has 8 atom stereocenters. The van der Waals surface area contributed by atoms with Crippen molar-refractivity contribution in [1.82, 2.24) is 0 Å². The third-order valence-corrected chi connectivity index (χ3v) is 17.8. The van der Waals surface area contributed by atoms with Gasteiger partial charge in [-0.05, 0) is 54.8 Å². The molecule has 190 valence electrons. The first-order chi connectivity index (χ1) is 14.2. The van der Waals surface area contributed by atoms with Gasteiger partial charge in [-0.1, -0.05) is 96.9 Å². The third-order valence-electron chi connectivity index (χ3n) is 17.8. The molecule has 0 bridgehead atoms. The number of hydrogen-bond donors (Lipinski definition) is 0. The lowest BCUT2D eigenvalue weighted by atomic mass is 9.16. The van der Waals surface area contributed by atoms with Crippen LogP contribution in [0.1, 0.15) is 125 Å². The Hall–Kier alpha value is -0.0800. The summed E-state index contributed by atoms with van der Waals surface area (Å²) in [6, 6.07) is 0. The van der Waals surface area contributed by atoms with Crippen LogP contribution in [0, 0.1) is 48.7 Å². The summed E-state index contributed by atoms with van der Waals surface area (Å²) in [5.41, 5.74) is -0.629. The first-order valence-electron chi connectivity index (χ1n) is 13.6. The molecule has 3 saturated carbocycles.